The van der Waals surface area contributed by atoms with Crippen molar-refractivity contribution in [2.75, 3.05) is 19.6 Å². The predicted octanol–water partition coefficient (Wildman–Crippen LogP) is 2.35. The first kappa shape index (κ1) is 17.0. The molecule has 0 saturated carbocycles. The lowest BCUT2D eigenvalue weighted by molar-refractivity contribution is -0.159. The van der Waals surface area contributed by atoms with Gasteiger partial charge in [-0.3, -0.25) is 0 Å². The number of aromatic nitrogens is 1. The van der Waals surface area contributed by atoms with Crippen LogP contribution in [0.1, 0.15) is 24.8 Å². The molecule has 0 spiro atoms. The Hall–Kier alpha value is -2.34. The summed E-state index contributed by atoms with van der Waals surface area (Å²) in [6.07, 6.45) is 7.53. The van der Waals surface area contributed by atoms with E-state index in [1.165, 1.54) is 61.8 Å². The van der Waals surface area contributed by atoms with E-state index in [1.54, 1.807) is 0 Å². The molecule has 1 aliphatic rings. The highest BCUT2D eigenvalue weighted by atomic mass is 16.4. The molecule has 1 fully saturated rings. The van der Waals surface area contributed by atoms with Crippen molar-refractivity contribution in [3.8, 4) is 0 Å². The van der Waals surface area contributed by atoms with Gasteiger partial charge in [0, 0.05) is 23.6 Å². The number of carbonyl (C=O) groups is 2. The van der Waals surface area contributed by atoms with Crippen LogP contribution in [0.5, 0.6) is 0 Å². The number of hydrogen-bond donors (Lipinski definition) is 3. The molecule has 0 radical (unpaired) electrons. The van der Waals surface area contributed by atoms with E-state index in [0.717, 1.165) is 0 Å². The van der Waals surface area contributed by atoms with Gasteiger partial charge in [0.15, 0.2) is 0 Å². The molecule has 3 N–H and O–H groups in total. The third-order valence-corrected chi connectivity index (χ3v) is 4.00. The Morgan fingerprint density at radius 3 is 2.35 bits per heavy atom. The summed E-state index contributed by atoms with van der Waals surface area (Å²) in [6, 6.07) is 8.59. The lowest BCUT2D eigenvalue weighted by Gasteiger charge is -2.26. The van der Waals surface area contributed by atoms with Crippen LogP contribution in [-0.4, -0.2) is 51.7 Å². The summed E-state index contributed by atoms with van der Waals surface area (Å²) in [6.45, 7) is 3.80. The van der Waals surface area contributed by atoms with Crippen LogP contribution >= 0.6 is 0 Å². The van der Waals surface area contributed by atoms with Gasteiger partial charge in [0.2, 0.25) is 0 Å². The quantitative estimate of drug-likeness (QED) is 0.755. The first-order valence-electron chi connectivity index (χ1n) is 7.81. The van der Waals surface area contributed by atoms with Gasteiger partial charge in [-0.25, -0.2) is 9.59 Å². The van der Waals surface area contributed by atoms with Gasteiger partial charge in [-0.1, -0.05) is 24.6 Å². The van der Waals surface area contributed by atoms with Gasteiger partial charge in [0.1, 0.15) is 0 Å². The number of aliphatic carboxylic acids is 2. The highest BCUT2D eigenvalue weighted by Crippen LogP contribution is 2.19. The van der Waals surface area contributed by atoms with Crippen LogP contribution in [0.2, 0.25) is 0 Å². The zero-order valence-electron chi connectivity index (χ0n) is 13.0. The number of likely N-dealkylation sites (tertiary alicyclic amines) is 1. The molecule has 1 aromatic carbocycles. The monoisotopic (exact) mass is 318 g/mol. The Bertz CT molecular complexity index is 647. The van der Waals surface area contributed by atoms with Crippen LogP contribution in [0.4, 0.5) is 0 Å². The Kier molecular flexibility index (Phi) is 6.17. The highest BCUT2D eigenvalue weighted by molar-refractivity contribution is 6.27. The van der Waals surface area contributed by atoms with Crippen LogP contribution in [0.15, 0.2) is 30.5 Å². The topological polar surface area (TPSA) is 93.6 Å². The van der Waals surface area contributed by atoms with Crippen molar-refractivity contribution in [2.45, 2.75) is 25.7 Å². The van der Waals surface area contributed by atoms with Crippen LogP contribution in [-0.2, 0) is 16.0 Å². The molecule has 3 rings (SSSR count). The first-order valence-corrected chi connectivity index (χ1v) is 7.81. The number of para-hydroxylation sites is 1. The number of hydrogen-bond acceptors (Lipinski definition) is 3. The molecular formula is C17H22N2O4. The number of aromatic amines is 1. The molecule has 6 nitrogen and oxygen atoms in total. The molecule has 1 saturated heterocycles. The fourth-order valence-electron chi connectivity index (χ4n) is 2.80. The molecule has 2 aromatic rings. The summed E-state index contributed by atoms with van der Waals surface area (Å²) in [5.74, 6) is -3.65. The minimum Gasteiger partial charge on any atom is -0.473 e. The molecule has 0 unspecified atom stereocenters. The van der Waals surface area contributed by atoms with Crippen LogP contribution in [0.3, 0.4) is 0 Å². The molecule has 0 amide bonds. The summed E-state index contributed by atoms with van der Waals surface area (Å²) in [5.41, 5.74) is 2.73. The van der Waals surface area contributed by atoms with Gasteiger partial charge in [0.05, 0.1) is 0 Å². The average Bonchev–Trinajstić information content (AvgIpc) is 2.98. The van der Waals surface area contributed by atoms with Crippen LogP contribution in [0.25, 0.3) is 10.9 Å². The molecule has 124 valence electrons. The zero-order valence-corrected chi connectivity index (χ0v) is 13.0. The van der Waals surface area contributed by atoms with Gasteiger partial charge in [-0.2, -0.15) is 0 Å². The van der Waals surface area contributed by atoms with Crippen molar-refractivity contribution in [3.05, 3.63) is 36.0 Å². The van der Waals surface area contributed by atoms with Crippen molar-refractivity contribution in [2.24, 2.45) is 0 Å². The highest BCUT2D eigenvalue weighted by Gasteiger charge is 2.10. The Labute approximate surface area is 134 Å². The number of rotatable bonds is 3. The fourth-order valence-corrected chi connectivity index (χ4v) is 2.80. The van der Waals surface area contributed by atoms with Crippen molar-refractivity contribution >= 4 is 22.8 Å². The number of fused-ring (bicyclic) bond motifs is 1. The number of nitrogens with zero attached hydrogens (tertiary/aromatic N) is 1. The summed E-state index contributed by atoms with van der Waals surface area (Å²) in [5, 5.41) is 16.2. The lowest BCUT2D eigenvalue weighted by atomic mass is 10.1. The third-order valence-electron chi connectivity index (χ3n) is 4.00. The molecule has 0 atom stereocenters. The summed E-state index contributed by atoms with van der Waals surface area (Å²) in [4.78, 5) is 24.2. The lowest BCUT2D eigenvalue weighted by Crippen LogP contribution is -2.31. The molecule has 6 heteroatoms. The second kappa shape index (κ2) is 8.33. The van der Waals surface area contributed by atoms with Crippen molar-refractivity contribution in [3.63, 3.8) is 0 Å². The number of benzene rings is 1. The van der Waals surface area contributed by atoms with E-state index in [-0.39, 0.29) is 0 Å². The van der Waals surface area contributed by atoms with Gasteiger partial charge < -0.3 is 20.1 Å². The van der Waals surface area contributed by atoms with Crippen molar-refractivity contribution in [1.82, 2.24) is 9.88 Å². The van der Waals surface area contributed by atoms with Gasteiger partial charge in [-0.15, -0.1) is 0 Å². The normalized spacial score (nSPS) is 15.0. The third kappa shape index (κ3) is 5.10. The van der Waals surface area contributed by atoms with Gasteiger partial charge in [-0.05, 0) is 44.0 Å². The molecule has 0 aliphatic carbocycles. The van der Waals surface area contributed by atoms with E-state index >= 15 is 0 Å². The van der Waals surface area contributed by atoms with E-state index < -0.39 is 11.9 Å². The molecule has 0 bridgehead atoms. The number of carboxylic acid groups (broad SMARTS) is 2. The van der Waals surface area contributed by atoms with E-state index in [2.05, 4.69) is 40.3 Å². The second-order valence-electron chi connectivity index (χ2n) is 5.62. The van der Waals surface area contributed by atoms with Crippen LogP contribution < -0.4 is 0 Å². The van der Waals surface area contributed by atoms with E-state index in [9.17, 15) is 0 Å². The predicted molar refractivity (Wildman–Crippen MR) is 87.6 cm³/mol. The number of piperidine rings is 1. The van der Waals surface area contributed by atoms with Gasteiger partial charge in [0.25, 0.3) is 0 Å². The molecular weight excluding hydrogens is 296 g/mol. The van der Waals surface area contributed by atoms with Crippen molar-refractivity contribution in [1.29, 1.82) is 0 Å². The molecule has 23 heavy (non-hydrogen) atoms. The minimum absolute atomic E-state index is 1.17. The van der Waals surface area contributed by atoms with Crippen molar-refractivity contribution < 1.29 is 19.8 Å². The zero-order chi connectivity index (χ0) is 16.7. The number of H-pyrrole nitrogens is 1. The minimum atomic E-state index is -1.82. The van der Waals surface area contributed by atoms with E-state index in [1.807, 2.05) is 0 Å². The maximum atomic E-state index is 9.10. The fraction of sp³-hybridized carbons (Fsp3) is 0.412. The van der Waals surface area contributed by atoms with E-state index in [0.29, 0.717) is 0 Å². The molecule has 1 aromatic heterocycles. The Morgan fingerprint density at radius 1 is 1.04 bits per heavy atom. The standard InChI is InChI=1S/C15H20N2.C2H2O4/c1-4-9-17(10-5-1)11-8-13-12-16-15-7-3-2-6-14(13)15;3-1(4)2(5)6/h2-3,6-7,12,16H,1,4-5,8-11H2;(H,3,4)(H,5,6). The Balaban J connectivity index is 0.000000277. The van der Waals surface area contributed by atoms with Crippen LogP contribution in [0, 0.1) is 0 Å². The van der Waals surface area contributed by atoms with E-state index in [4.69, 9.17) is 19.8 Å². The SMILES string of the molecule is O=C(O)C(=O)O.c1ccc2c(CCN3CCCCC3)c[nH]c2c1. The molecule has 2 heterocycles. The molecule has 1 aliphatic heterocycles. The number of carboxylic acids is 2. The number of nitrogens with one attached hydrogen (secondary N) is 1. The smallest absolute Gasteiger partial charge is 0.414 e. The maximum absolute atomic E-state index is 9.10. The average molecular weight is 318 g/mol. The summed E-state index contributed by atoms with van der Waals surface area (Å²) in [7, 11) is 0. The largest absolute Gasteiger partial charge is 0.473 e. The summed E-state index contributed by atoms with van der Waals surface area (Å²) < 4.78 is 0. The maximum Gasteiger partial charge on any atom is 0.414 e. The Morgan fingerprint density at radius 2 is 1.70 bits per heavy atom. The van der Waals surface area contributed by atoms with Gasteiger partial charge >= 0.3 is 11.9 Å². The first-order chi connectivity index (χ1) is 11.1. The second-order valence-corrected chi connectivity index (χ2v) is 5.62. The summed E-state index contributed by atoms with van der Waals surface area (Å²) >= 11 is 0.